The fourth-order valence-electron chi connectivity index (χ4n) is 5.50. The Balaban J connectivity index is 1.36. The zero-order valence-electron chi connectivity index (χ0n) is 23.3. The van der Waals surface area contributed by atoms with Crippen LogP contribution < -0.4 is 16.4 Å². The number of carbonyl (C=O) groups is 2. The normalized spacial score (nSPS) is 17.5. The molecule has 0 radical (unpaired) electrons. The van der Waals surface area contributed by atoms with E-state index < -0.39 is 11.7 Å². The van der Waals surface area contributed by atoms with Gasteiger partial charge in [0.2, 0.25) is 5.91 Å². The largest absolute Gasteiger partial charge is 0.444 e. The van der Waals surface area contributed by atoms with Crippen molar-refractivity contribution in [3.8, 4) is 0 Å². The van der Waals surface area contributed by atoms with Crippen molar-refractivity contribution in [2.75, 3.05) is 5.32 Å². The minimum atomic E-state index is -0.545. The van der Waals surface area contributed by atoms with Gasteiger partial charge in [-0.25, -0.2) is 4.79 Å². The molecule has 8 nitrogen and oxygen atoms in total. The molecular weight excluding hydrogens is 502 g/mol. The fourth-order valence-corrected chi connectivity index (χ4v) is 5.50. The van der Waals surface area contributed by atoms with Gasteiger partial charge in [0.1, 0.15) is 17.3 Å². The van der Waals surface area contributed by atoms with Crippen LogP contribution in [0, 0.1) is 11.3 Å². The summed E-state index contributed by atoms with van der Waals surface area (Å²) in [5.41, 5.74) is 7.94. The lowest BCUT2D eigenvalue weighted by Gasteiger charge is -2.29. The molecule has 1 aliphatic rings. The van der Waals surface area contributed by atoms with Crippen LogP contribution in [0.5, 0.6) is 0 Å². The van der Waals surface area contributed by atoms with Gasteiger partial charge >= 0.3 is 6.09 Å². The molecule has 5 N–H and O–H groups in total. The second-order valence-corrected chi connectivity index (χ2v) is 11.6. The number of benzene rings is 3. The number of amides is 2. The number of hydrogen-bond acceptors (Lipinski definition) is 4. The van der Waals surface area contributed by atoms with Crippen molar-refractivity contribution in [1.82, 2.24) is 9.88 Å². The average molecular weight is 540 g/mol. The van der Waals surface area contributed by atoms with Crippen molar-refractivity contribution >= 4 is 45.3 Å². The maximum absolute atomic E-state index is 13.5. The molecule has 0 atom stereocenters. The Morgan fingerprint density at radius 3 is 2.42 bits per heavy atom. The minimum Gasteiger partial charge on any atom is -0.444 e. The molecule has 40 heavy (non-hydrogen) atoms. The van der Waals surface area contributed by atoms with Crippen LogP contribution >= 0.6 is 0 Å². The molecule has 0 spiro atoms. The Hall–Kier alpha value is -4.33. The van der Waals surface area contributed by atoms with Crippen molar-refractivity contribution in [1.29, 1.82) is 5.41 Å². The molecule has 1 fully saturated rings. The maximum atomic E-state index is 13.5. The number of nitrogen functional groups attached to an aromatic ring is 1. The third-order valence-electron chi connectivity index (χ3n) is 7.49. The van der Waals surface area contributed by atoms with Crippen molar-refractivity contribution in [3.05, 3.63) is 77.9 Å². The van der Waals surface area contributed by atoms with Crippen molar-refractivity contribution < 1.29 is 14.3 Å². The van der Waals surface area contributed by atoms with Crippen molar-refractivity contribution in [2.24, 2.45) is 11.7 Å². The summed E-state index contributed by atoms with van der Waals surface area (Å²) >= 11 is 0. The summed E-state index contributed by atoms with van der Waals surface area (Å²) in [6, 6.07) is 22.2. The second-order valence-electron chi connectivity index (χ2n) is 11.6. The molecule has 1 aliphatic carbocycles. The highest BCUT2D eigenvalue weighted by Crippen LogP contribution is 2.31. The van der Waals surface area contributed by atoms with Gasteiger partial charge in [-0.2, -0.15) is 0 Å². The summed E-state index contributed by atoms with van der Waals surface area (Å²) in [6.07, 6.45) is 2.40. The first-order chi connectivity index (χ1) is 19.1. The summed E-state index contributed by atoms with van der Waals surface area (Å²) in [5.74, 6) is 0.544. The molecule has 2 amide bonds. The zero-order valence-corrected chi connectivity index (χ0v) is 23.3. The minimum absolute atomic E-state index is 0.00159. The van der Waals surface area contributed by atoms with Crippen molar-refractivity contribution in [3.63, 3.8) is 0 Å². The molecule has 0 saturated heterocycles. The van der Waals surface area contributed by atoms with E-state index in [0.717, 1.165) is 40.1 Å². The number of rotatable bonds is 6. The van der Waals surface area contributed by atoms with E-state index >= 15 is 0 Å². The molecule has 0 unspecified atom stereocenters. The van der Waals surface area contributed by atoms with E-state index in [-0.39, 0.29) is 23.7 Å². The van der Waals surface area contributed by atoms with E-state index in [9.17, 15) is 9.59 Å². The number of anilines is 1. The zero-order chi connectivity index (χ0) is 28.4. The molecule has 208 valence electrons. The highest BCUT2D eigenvalue weighted by molar-refractivity contribution is 6.01. The van der Waals surface area contributed by atoms with Gasteiger partial charge in [0, 0.05) is 22.9 Å². The fraction of sp³-hybridized carbons (Fsp3) is 0.344. The Morgan fingerprint density at radius 1 is 0.975 bits per heavy atom. The Bertz CT molecular complexity index is 1570. The predicted octanol–water partition coefficient (Wildman–Crippen LogP) is 6.15. The lowest BCUT2D eigenvalue weighted by atomic mass is 9.85. The van der Waals surface area contributed by atoms with Crippen LogP contribution in [0.2, 0.25) is 0 Å². The highest BCUT2D eigenvalue weighted by atomic mass is 16.6. The Morgan fingerprint density at radius 2 is 1.70 bits per heavy atom. The smallest absolute Gasteiger partial charge is 0.407 e. The highest BCUT2D eigenvalue weighted by Gasteiger charge is 2.29. The molecule has 0 bridgehead atoms. The quantitative estimate of drug-likeness (QED) is 0.173. The molecule has 8 heteroatoms. The van der Waals surface area contributed by atoms with Crippen molar-refractivity contribution in [2.45, 2.75) is 64.6 Å². The van der Waals surface area contributed by atoms with E-state index in [1.54, 1.807) is 0 Å². The number of nitrogens with two attached hydrogens (primary N) is 1. The molecule has 1 saturated carbocycles. The standard InChI is InChI=1S/C32H37N5O3/c1-32(2,3)40-31(39)35-25-15-13-21(14-16-25)30(38)36-28-18-22-11-12-23(29(33)34)17-27(22)37(28)19-24-9-6-8-20-7-4-5-10-26(20)24/h4-12,17-18,21,25H,13-16,19H2,1-3H3,(H3,33,34)(H,35,39)(H,36,38). The maximum Gasteiger partial charge on any atom is 0.407 e. The first-order valence-electron chi connectivity index (χ1n) is 13.8. The number of ether oxygens (including phenoxy) is 1. The number of hydrogen-bond donors (Lipinski definition) is 4. The molecule has 1 heterocycles. The topological polar surface area (TPSA) is 122 Å². The second kappa shape index (κ2) is 11.0. The van der Waals surface area contributed by atoms with Crippen LogP contribution in [0.15, 0.2) is 66.7 Å². The number of amidine groups is 1. The van der Waals surface area contributed by atoms with E-state index in [1.165, 1.54) is 0 Å². The van der Waals surface area contributed by atoms with Gasteiger partial charge in [-0.05, 0) is 74.9 Å². The third kappa shape index (κ3) is 6.11. The SMILES string of the molecule is CC(C)(C)OC(=O)NC1CCC(C(=O)Nc2cc3ccc(C(=N)N)cc3n2Cc2cccc3ccccc23)CC1. The van der Waals surface area contributed by atoms with Gasteiger partial charge in [0.15, 0.2) is 0 Å². The number of nitrogens with one attached hydrogen (secondary N) is 3. The average Bonchev–Trinajstić information content (AvgIpc) is 3.24. The van der Waals surface area contributed by atoms with Gasteiger partial charge in [-0.1, -0.05) is 54.6 Å². The van der Waals surface area contributed by atoms with E-state index in [2.05, 4.69) is 39.5 Å². The van der Waals surface area contributed by atoms with Crippen LogP contribution in [0.1, 0.15) is 57.6 Å². The number of alkyl carbamates (subject to hydrolysis) is 1. The van der Waals surface area contributed by atoms with Gasteiger partial charge in [-0.15, -0.1) is 0 Å². The summed E-state index contributed by atoms with van der Waals surface area (Å²) in [5, 5.41) is 17.3. The number of fused-ring (bicyclic) bond motifs is 2. The molecule has 4 aromatic rings. The summed E-state index contributed by atoms with van der Waals surface area (Å²) in [7, 11) is 0. The van der Waals surface area contributed by atoms with Crippen LogP contribution in [0.3, 0.4) is 0 Å². The molecule has 3 aromatic carbocycles. The van der Waals surface area contributed by atoms with E-state index in [0.29, 0.717) is 30.8 Å². The predicted molar refractivity (Wildman–Crippen MR) is 160 cm³/mol. The first kappa shape index (κ1) is 27.2. The third-order valence-corrected chi connectivity index (χ3v) is 7.49. The van der Waals surface area contributed by atoms with Gasteiger partial charge < -0.3 is 25.7 Å². The Labute approximate surface area is 234 Å². The Kier molecular flexibility index (Phi) is 7.52. The summed E-state index contributed by atoms with van der Waals surface area (Å²) in [6.45, 7) is 6.07. The monoisotopic (exact) mass is 539 g/mol. The van der Waals surface area contributed by atoms with Crippen LogP contribution in [-0.4, -0.2) is 34.0 Å². The van der Waals surface area contributed by atoms with Gasteiger partial charge in [0.25, 0.3) is 0 Å². The van der Waals surface area contributed by atoms with Crippen LogP contribution in [0.4, 0.5) is 10.6 Å². The number of aromatic nitrogens is 1. The summed E-state index contributed by atoms with van der Waals surface area (Å²) < 4.78 is 7.48. The molecule has 1 aromatic heterocycles. The molecule has 0 aliphatic heterocycles. The first-order valence-corrected chi connectivity index (χ1v) is 13.8. The van der Waals surface area contributed by atoms with Gasteiger partial charge in [0.05, 0.1) is 12.1 Å². The van der Waals surface area contributed by atoms with E-state index in [1.807, 2.05) is 63.2 Å². The number of nitrogens with zero attached hydrogens (tertiary/aromatic N) is 1. The lowest BCUT2D eigenvalue weighted by molar-refractivity contribution is -0.120. The lowest BCUT2D eigenvalue weighted by Crippen LogP contribution is -2.42. The van der Waals surface area contributed by atoms with Gasteiger partial charge in [-0.3, -0.25) is 10.2 Å². The summed E-state index contributed by atoms with van der Waals surface area (Å²) in [4.78, 5) is 25.6. The molecular formula is C32H37N5O3. The van der Waals surface area contributed by atoms with Crippen LogP contribution in [0.25, 0.3) is 21.7 Å². The molecule has 5 rings (SSSR count). The van der Waals surface area contributed by atoms with Crippen LogP contribution in [-0.2, 0) is 16.1 Å². The number of carbonyl (C=O) groups excluding carboxylic acids is 2. The van der Waals surface area contributed by atoms with E-state index in [4.69, 9.17) is 15.9 Å².